The first kappa shape index (κ1) is 14.1. The van der Waals surface area contributed by atoms with Gasteiger partial charge in [-0.15, -0.1) is 0 Å². The van der Waals surface area contributed by atoms with Crippen LogP contribution in [0.3, 0.4) is 0 Å². The monoisotopic (exact) mass is 296 g/mol. The summed E-state index contributed by atoms with van der Waals surface area (Å²) in [6.07, 6.45) is 0. The summed E-state index contributed by atoms with van der Waals surface area (Å²) in [6.45, 7) is 3.39. The Bertz CT molecular complexity index is 739. The summed E-state index contributed by atoms with van der Waals surface area (Å²) in [6, 6.07) is 14.1. The lowest BCUT2D eigenvalue weighted by atomic mass is 10.1. The number of carbonyl (C=O) groups excluding carboxylic acids is 2. The van der Waals surface area contributed by atoms with Crippen molar-refractivity contribution >= 4 is 23.2 Å². The molecule has 5 heteroatoms. The molecular formula is C17H16N2O3. The van der Waals surface area contributed by atoms with Gasteiger partial charge in [0.1, 0.15) is 5.75 Å². The molecule has 0 aromatic heterocycles. The highest BCUT2D eigenvalue weighted by Crippen LogP contribution is 2.35. The predicted molar refractivity (Wildman–Crippen MR) is 84.2 cm³/mol. The van der Waals surface area contributed by atoms with Gasteiger partial charge in [-0.05, 0) is 38.1 Å². The van der Waals surface area contributed by atoms with E-state index < -0.39 is 5.60 Å². The Morgan fingerprint density at radius 2 is 1.86 bits per heavy atom. The van der Waals surface area contributed by atoms with Gasteiger partial charge in [-0.3, -0.25) is 9.59 Å². The Kier molecular flexibility index (Phi) is 3.33. The molecule has 2 N–H and O–H groups in total. The molecule has 0 fully saturated rings. The number of hydrogen-bond donors (Lipinski definition) is 2. The van der Waals surface area contributed by atoms with E-state index in [4.69, 9.17) is 4.74 Å². The molecule has 0 bridgehead atoms. The van der Waals surface area contributed by atoms with Crippen LogP contribution in [0, 0.1) is 0 Å². The van der Waals surface area contributed by atoms with Gasteiger partial charge < -0.3 is 15.4 Å². The Morgan fingerprint density at radius 3 is 2.59 bits per heavy atom. The van der Waals surface area contributed by atoms with Gasteiger partial charge in [-0.25, -0.2) is 0 Å². The standard InChI is InChI=1S/C17H16N2O3/c1-17(2)16(21)19-13-9-8-12(10-14(13)22-17)18-15(20)11-6-4-3-5-7-11/h3-10H,1-2H3,(H,18,20)(H,19,21). The van der Waals surface area contributed by atoms with Crippen molar-refractivity contribution in [2.24, 2.45) is 0 Å². The van der Waals surface area contributed by atoms with Crippen molar-refractivity contribution in [2.75, 3.05) is 10.6 Å². The normalized spacial score (nSPS) is 15.3. The minimum atomic E-state index is -0.935. The number of anilines is 2. The van der Waals surface area contributed by atoms with Gasteiger partial charge in [0.15, 0.2) is 5.60 Å². The SMILES string of the molecule is CC1(C)Oc2cc(NC(=O)c3ccccc3)ccc2NC1=O. The number of hydrogen-bond acceptors (Lipinski definition) is 3. The first-order valence-electron chi connectivity index (χ1n) is 6.97. The fourth-order valence-electron chi connectivity index (χ4n) is 2.17. The van der Waals surface area contributed by atoms with Crippen LogP contribution < -0.4 is 15.4 Å². The molecule has 0 saturated heterocycles. The van der Waals surface area contributed by atoms with Crippen LogP contribution in [-0.4, -0.2) is 17.4 Å². The van der Waals surface area contributed by atoms with Crippen LogP contribution in [-0.2, 0) is 4.79 Å². The smallest absolute Gasteiger partial charge is 0.268 e. The van der Waals surface area contributed by atoms with Gasteiger partial charge in [0, 0.05) is 17.3 Å². The number of fused-ring (bicyclic) bond motifs is 1. The van der Waals surface area contributed by atoms with E-state index in [2.05, 4.69) is 10.6 Å². The van der Waals surface area contributed by atoms with Crippen LogP contribution in [0.5, 0.6) is 5.75 Å². The van der Waals surface area contributed by atoms with Crippen LogP contribution in [0.1, 0.15) is 24.2 Å². The zero-order valence-electron chi connectivity index (χ0n) is 12.3. The lowest BCUT2D eigenvalue weighted by Gasteiger charge is -2.31. The largest absolute Gasteiger partial charge is 0.476 e. The number of benzene rings is 2. The summed E-state index contributed by atoms with van der Waals surface area (Å²) < 4.78 is 5.70. The second-order valence-corrected chi connectivity index (χ2v) is 5.60. The maximum absolute atomic E-state index is 12.1. The molecule has 3 rings (SSSR count). The molecule has 0 saturated carbocycles. The third-order valence-electron chi connectivity index (χ3n) is 3.44. The summed E-state index contributed by atoms with van der Waals surface area (Å²) in [4.78, 5) is 24.0. The van der Waals surface area contributed by atoms with E-state index in [9.17, 15) is 9.59 Å². The van der Waals surface area contributed by atoms with Gasteiger partial charge in [-0.1, -0.05) is 18.2 Å². The molecule has 0 atom stereocenters. The zero-order valence-corrected chi connectivity index (χ0v) is 12.3. The highest BCUT2D eigenvalue weighted by Gasteiger charge is 2.35. The lowest BCUT2D eigenvalue weighted by Crippen LogP contribution is -2.45. The Hall–Kier alpha value is -2.82. The quantitative estimate of drug-likeness (QED) is 0.895. The van der Waals surface area contributed by atoms with E-state index in [1.165, 1.54) is 0 Å². The summed E-state index contributed by atoms with van der Waals surface area (Å²) in [5.74, 6) is 0.149. The molecule has 0 spiro atoms. The summed E-state index contributed by atoms with van der Waals surface area (Å²) in [5.41, 5.74) is 0.853. The third kappa shape index (κ3) is 2.65. The molecule has 5 nitrogen and oxygen atoms in total. The summed E-state index contributed by atoms with van der Waals surface area (Å²) in [7, 11) is 0. The molecule has 1 aliphatic heterocycles. The maximum atomic E-state index is 12.1. The highest BCUT2D eigenvalue weighted by molar-refractivity contribution is 6.05. The molecule has 0 unspecified atom stereocenters. The summed E-state index contributed by atoms with van der Waals surface area (Å²) >= 11 is 0. The molecule has 0 aliphatic carbocycles. The number of ether oxygens (including phenoxy) is 1. The van der Waals surface area contributed by atoms with E-state index in [0.29, 0.717) is 22.7 Å². The predicted octanol–water partition coefficient (Wildman–Crippen LogP) is 3.05. The van der Waals surface area contributed by atoms with E-state index in [1.807, 2.05) is 18.2 Å². The fourth-order valence-corrected chi connectivity index (χ4v) is 2.17. The maximum Gasteiger partial charge on any atom is 0.268 e. The molecular weight excluding hydrogens is 280 g/mol. The van der Waals surface area contributed by atoms with Crippen LogP contribution in [0.4, 0.5) is 11.4 Å². The van der Waals surface area contributed by atoms with Crippen molar-refractivity contribution < 1.29 is 14.3 Å². The Balaban J connectivity index is 1.83. The Morgan fingerprint density at radius 1 is 1.14 bits per heavy atom. The second-order valence-electron chi connectivity index (χ2n) is 5.60. The average molecular weight is 296 g/mol. The number of rotatable bonds is 2. The van der Waals surface area contributed by atoms with Gasteiger partial charge in [0.25, 0.3) is 11.8 Å². The van der Waals surface area contributed by atoms with Crippen molar-refractivity contribution in [2.45, 2.75) is 19.4 Å². The van der Waals surface area contributed by atoms with Crippen molar-refractivity contribution in [3.8, 4) is 5.75 Å². The highest BCUT2D eigenvalue weighted by atomic mass is 16.5. The molecule has 2 aromatic rings. The van der Waals surface area contributed by atoms with E-state index in [1.54, 1.807) is 44.2 Å². The van der Waals surface area contributed by atoms with E-state index >= 15 is 0 Å². The van der Waals surface area contributed by atoms with Crippen molar-refractivity contribution in [3.63, 3.8) is 0 Å². The number of carbonyl (C=O) groups is 2. The topological polar surface area (TPSA) is 67.4 Å². The minimum Gasteiger partial charge on any atom is -0.476 e. The van der Waals surface area contributed by atoms with Crippen LogP contribution in [0.15, 0.2) is 48.5 Å². The molecule has 22 heavy (non-hydrogen) atoms. The molecule has 2 aromatic carbocycles. The molecule has 1 heterocycles. The minimum absolute atomic E-state index is 0.193. The van der Waals surface area contributed by atoms with Crippen molar-refractivity contribution in [1.82, 2.24) is 0 Å². The molecule has 2 amide bonds. The van der Waals surface area contributed by atoms with Crippen molar-refractivity contribution in [1.29, 1.82) is 0 Å². The second kappa shape index (κ2) is 5.18. The number of nitrogens with one attached hydrogen (secondary N) is 2. The van der Waals surface area contributed by atoms with Gasteiger partial charge in [0.2, 0.25) is 0 Å². The lowest BCUT2D eigenvalue weighted by molar-refractivity contribution is -0.129. The first-order chi connectivity index (χ1) is 10.5. The third-order valence-corrected chi connectivity index (χ3v) is 3.44. The van der Waals surface area contributed by atoms with E-state index in [0.717, 1.165) is 0 Å². The molecule has 112 valence electrons. The average Bonchev–Trinajstić information content (AvgIpc) is 2.49. The van der Waals surface area contributed by atoms with Crippen LogP contribution in [0.2, 0.25) is 0 Å². The van der Waals surface area contributed by atoms with Crippen molar-refractivity contribution in [3.05, 3.63) is 54.1 Å². The molecule has 1 aliphatic rings. The zero-order chi connectivity index (χ0) is 15.7. The van der Waals surface area contributed by atoms with E-state index in [-0.39, 0.29) is 11.8 Å². The summed E-state index contributed by atoms with van der Waals surface area (Å²) in [5, 5.41) is 5.60. The van der Waals surface area contributed by atoms with Gasteiger partial charge >= 0.3 is 0 Å². The van der Waals surface area contributed by atoms with Gasteiger partial charge in [0.05, 0.1) is 5.69 Å². The van der Waals surface area contributed by atoms with Crippen LogP contribution in [0.25, 0.3) is 0 Å². The Labute approximate surface area is 128 Å². The first-order valence-corrected chi connectivity index (χ1v) is 6.97. The molecule has 0 radical (unpaired) electrons. The van der Waals surface area contributed by atoms with Crippen LogP contribution >= 0.6 is 0 Å². The van der Waals surface area contributed by atoms with Gasteiger partial charge in [-0.2, -0.15) is 0 Å². The number of amides is 2. The fraction of sp³-hybridized carbons (Fsp3) is 0.176.